The number of anilines is 1. The quantitative estimate of drug-likeness (QED) is 0.846. The van der Waals surface area contributed by atoms with E-state index in [2.05, 4.69) is 17.4 Å². The number of amides is 1. The lowest BCUT2D eigenvalue weighted by atomic mass is 10.1. The lowest BCUT2D eigenvalue weighted by Gasteiger charge is -2.21. The van der Waals surface area contributed by atoms with Crippen molar-refractivity contribution in [2.24, 2.45) is 0 Å². The Morgan fingerprint density at radius 1 is 1.04 bits per heavy atom. The summed E-state index contributed by atoms with van der Waals surface area (Å²) in [5.74, 6) is -0.0753. The molecule has 0 heterocycles. The number of aryl methyl sites for hydroxylation is 4. The highest BCUT2D eigenvalue weighted by molar-refractivity contribution is 5.93. The van der Waals surface area contributed by atoms with E-state index in [9.17, 15) is 9.90 Å². The highest BCUT2D eigenvalue weighted by atomic mass is 16.3. The minimum atomic E-state index is -0.610. The third kappa shape index (κ3) is 5.41. The van der Waals surface area contributed by atoms with Gasteiger partial charge in [0.2, 0.25) is 5.91 Å². The fraction of sp³-hybridized carbons (Fsp3) is 0.381. The molecule has 0 aliphatic heterocycles. The summed E-state index contributed by atoms with van der Waals surface area (Å²) < 4.78 is 0. The monoisotopic (exact) mass is 340 g/mol. The second-order valence-corrected chi connectivity index (χ2v) is 6.95. The molecule has 0 spiro atoms. The molecule has 1 atom stereocenters. The number of benzene rings is 2. The summed E-state index contributed by atoms with van der Waals surface area (Å²) >= 11 is 0. The van der Waals surface area contributed by atoms with Crippen LogP contribution in [-0.4, -0.2) is 36.1 Å². The van der Waals surface area contributed by atoms with Crippen LogP contribution in [0.1, 0.15) is 33.9 Å². The van der Waals surface area contributed by atoms with Crippen LogP contribution in [0.5, 0.6) is 0 Å². The predicted molar refractivity (Wildman–Crippen MR) is 103 cm³/mol. The average Bonchev–Trinajstić information content (AvgIpc) is 2.51. The lowest BCUT2D eigenvalue weighted by Crippen LogP contribution is -2.33. The normalized spacial score (nSPS) is 12.3. The van der Waals surface area contributed by atoms with Gasteiger partial charge in [-0.2, -0.15) is 0 Å². The number of nitrogens with one attached hydrogen (secondary N) is 1. The van der Waals surface area contributed by atoms with E-state index in [1.807, 2.05) is 63.9 Å². The number of likely N-dealkylation sites (N-methyl/N-ethyl adjacent to an activating group) is 1. The van der Waals surface area contributed by atoms with Gasteiger partial charge in [-0.1, -0.05) is 47.5 Å². The van der Waals surface area contributed by atoms with Crippen molar-refractivity contribution in [1.82, 2.24) is 4.90 Å². The van der Waals surface area contributed by atoms with Crippen LogP contribution in [0.4, 0.5) is 5.69 Å². The fourth-order valence-electron chi connectivity index (χ4n) is 3.06. The number of hydrogen-bond acceptors (Lipinski definition) is 3. The van der Waals surface area contributed by atoms with E-state index in [-0.39, 0.29) is 12.5 Å². The molecule has 2 rings (SSSR count). The van der Waals surface area contributed by atoms with E-state index in [4.69, 9.17) is 0 Å². The number of aliphatic hydroxyl groups is 1. The first kappa shape index (κ1) is 19.2. The van der Waals surface area contributed by atoms with Gasteiger partial charge in [-0.15, -0.1) is 0 Å². The molecule has 4 nitrogen and oxygen atoms in total. The molecule has 25 heavy (non-hydrogen) atoms. The zero-order chi connectivity index (χ0) is 18.6. The van der Waals surface area contributed by atoms with Crippen LogP contribution in [0.15, 0.2) is 36.4 Å². The highest BCUT2D eigenvalue weighted by Gasteiger charge is 2.14. The standard InChI is InChI=1S/C21H28N2O2/c1-14-6-8-18(9-7-14)19(24)12-23(5)13-20(25)22-21-16(3)10-15(2)11-17(21)4/h6-11,19,24H,12-13H2,1-5H3,(H,22,25). The predicted octanol–water partition coefficient (Wildman–Crippen LogP) is 3.52. The van der Waals surface area contributed by atoms with Crippen molar-refractivity contribution in [2.75, 3.05) is 25.5 Å². The molecule has 0 aliphatic rings. The summed E-state index contributed by atoms with van der Waals surface area (Å²) in [5.41, 5.74) is 6.21. The van der Waals surface area contributed by atoms with E-state index in [0.717, 1.165) is 27.9 Å². The first-order chi connectivity index (χ1) is 11.8. The van der Waals surface area contributed by atoms with Gasteiger partial charge < -0.3 is 10.4 Å². The second-order valence-electron chi connectivity index (χ2n) is 6.95. The summed E-state index contributed by atoms with van der Waals surface area (Å²) in [6.07, 6.45) is -0.610. The van der Waals surface area contributed by atoms with Gasteiger partial charge in [-0.25, -0.2) is 0 Å². The van der Waals surface area contributed by atoms with E-state index < -0.39 is 6.10 Å². The first-order valence-electron chi connectivity index (χ1n) is 8.57. The molecule has 2 aromatic rings. The Hall–Kier alpha value is -2.17. The van der Waals surface area contributed by atoms with Gasteiger partial charge in [0, 0.05) is 12.2 Å². The summed E-state index contributed by atoms with van der Waals surface area (Å²) in [6, 6.07) is 11.9. The molecule has 1 unspecified atom stereocenters. The Morgan fingerprint density at radius 2 is 1.60 bits per heavy atom. The van der Waals surface area contributed by atoms with E-state index >= 15 is 0 Å². The number of hydrogen-bond donors (Lipinski definition) is 2. The van der Waals surface area contributed by atoms with Gasteiger partial charge in [-0.05, 0) is 51.4 Å². The zero-order valence-corrected chi connectivity index (χ0v) is 15.8. The van der Waals surface area contributed by atoms with Crippen LogP contribution in [-0.2, 0) is 4.79 Å². The van der Waals surface area contributed by atoms with Gasteiger partial charge in [0.15, 0.2) is 0 Å². The molecule has 1 amide bonds. The summed E-state index contributed by atoms with van der Waals surface area (Å²) in [7, 11) is 1.84. The van der Waals surface area contributed by atoms with Crippen LogP contribution < -0.4 is 5.32 Å². The molecule has 0 aromatic heterocycles. The minimum Gasteiger partial charge on any atom is -0.387 e. The SMILES string of the molecule is Cc1ccc(C(O)CN(C)CC(=O)Nc2c(C)cc(C)cc2C)cc1. The number of rotatable bonds is 6. The van der Waals surface area contributed by atoms with Crippen molar-refractivity contribution in [3.63, 3.8) is 0 Å². The third-order valence-corrected chi connectivity index (χ3v) is 4.30. The molecular weight excluding hydrogens is 312 g/mol. The van der Waals surface area contributed by atoms with Crippen molar-refractivity contribution in [2.45, 2.75) is 33.8 Å². The molecule has 0 radical (unpaired) electrons. The molecule has 0 saturated carbocycles. The Morgan fingerprint density at radius 3 is 2.16 bits per heavy atom. The summed E-state index contributed by atoms with van der Waals surface area (Å²) in [6.45, 7) is 8.70. The molecule has 0 bridgehead atoms. The number of aliphatic hydroxyl groups excluding tert-OH is 1. The van der Waals surface area contributed by atoms with E-state index in [0.29, 0.717) is 6.54 Å². The van der Waals surface area contributed by atoms with Crippen molar-refractivity contribution >= 4 is 11.6 Å². The van der Waals surface area contributed by atoms with Crippen LogP contribution in [0.25, 0.3) is 0 Å². The van der Waals surface area contributed by atoms with E-state index in [1.54, 1.807) is 0 Å². The average molecular weight is 340 g/mol. The van der Waals surface area contributed by atoms with Gasteiger partial charge in [0.1, 0.15) is 0 Å². The third-order valence-electron chi connectivity index (χ3n) is 4.30. The topological polar surface area (TPSA) is 52.6 Å². The molecule has 0 aliphatic carbocycles. The smallest absolute Gasteiger partial charge is 0.238 e. The number of carbonyl (C=O) groups is 1. The Labute approximate surface area is 150 Å². The first-order valence-corrected chi connectivity index (χ1v) is 8.57. The van der Waals surface area contributed by atoms with Crippen molar-refractivity contribution in [3.05, 3.63) is 64.2 Å². The molecule has 2 N–H and O–H groups in total. The summed E-state index contributed by atoms with van der Waals surface area (Å²) in [5, 5.41) is 13.3. The minimum absolute atomic E-state index is 0.0753. The van der Waals surface area contributed by atoms with Crippen molar-refractivity contribution < 1.29 is 9.90 Å². The molecule has 0 saturated heterocycles. The van der Waals surface area contributed by atoms with E-state index in [1.165, 1.54) is 5.56 Å². The van der Waals surface area contributed by atoms with Gasteiger partial charge in [0.25, 0.3) is 0 Å². The Bertz CT molecular complexity index is 715. The van der Waals surface area contributed by atoms with Crippen LogP contribution in [0, 0.1) is 27.7 Å². The molecule has 4 heteroatoms. The molecule has 134 valence electrons. The van der Waals surface area contributed by atoms with Crippen LogP contribution in [0.3, 0.4) is 0 Å². The maximum atomic E-state index is 12.3. The van der Waals surface area contributed by atoms with Crippen LogP contribution in [0.2, 0.25) is 0 Å². The number of carbonyl (C=O) groups excluding carboxylic acids is 1. The maximum absolute atomic E-state index is 12.3. The van der Waals surface area contributed by atoms with Crippen molar-refractivity contribution in [3.8, 4) is 0 Å². The fourth-order valence-corrected chi connectivity index (χ4v) is 3.06. The summed E-state index contributed by atoms with van der Waals surface area (Å²) in [4.78, 5) is 14.2. The number of nitrogens with zero attached hydrogens (tertiary/aromatic N) is 1. The molecule has 2 aromatic carbocycles. The molecule has 0 fully saturated rings. The second kappa shape index (κ2) is 8.28. The van der Waals surface area contributed by atoms with Crippen molar-refractivity contribution in [1.29, 1.82) is 0 Å². The maximum Gasteiger partial charge on any atom is 0.238 e. The van der Waals surface area contributed by atoms with Gasteiger partial charge in [0.05, 0.1) is 12.6 Å². The Kier molecular flexibility index (Phi) is 6.34. The van der Waals surface area contributed by atoms with Gasteiger partial charge >= 0.3 is 0 Å². The largest absolute Gasteiger partial charge is 0.387 e. The van der Waals surface area contributed by atoms with Gasteiger partial charge in [-0.3, -0.25) is 9.69 Å². The zero-order valence-electron chi connectivity index (χ0n) is 15.8. The highest BCUT2D eigenvalue weighted by Crippen LogP contribution is 2.22. The lowest BCUT2D eigenvalue weighted by molar-refractivity contribution is -0.117. The van der Waals surface area contributed by atoms with Crippen LogP contribution >= 0.6 is 0 Å². The Balaban J connectivity index is 1.93. The molecular formula is C21H28N2O2.